The summed E-state index contributed by atoms with van der Waals surface area (Å²) in [4.78, 5) is 0. The molecule has 0 aromatic heterocycles. The van der Waals surface area contributed by atoms with E-state index in [1.165, 1.54) is 0 Å². The summed E-state index contributed by atoms with van der Waals surface area (Å²) in [6.07, 6.45) is 0.441. The van der Waals surface area contributed by atoms with Crippen molar-refractivity contribution >= 4 is 0 Å². The van der Waals surface area contributed by atoms with Crippen LogP contribution < -0.4 is 5.73 Å². The van der Waals surface area contributed by atoms with Crippen LogP contribution in [0.1, 0.15) is 33.6 Å². The largest absolute Gasteiger partial charge is 0.392 e. The molecule has 4 N–H and O–H groups in total. The zero-order valence-corrected chi connectivity index (χ0v) is 8.25. The normalized spacial score (nSPS) is 19.2. The smallest absolute Gasteiger partial charge is 0.0693 e. The monoisotopic (exact) mass is 175 g/mol. The number of aliphatic hydroxyl groups is 2. The third kappa shape index (κ3) is 3.09. The zero-order valence-electron chi connectivity index (χ0n) is 8.25. The van der Waals surface area contributed by atoms with Crippen molar-refractivity contribution < 1.29 is 10.2 Å². The summed E-state index contributed by atoms with van der Waals surface area (Å²) in [5, 5.41) is 19.3. The van der Waals surface area contributed by atoms with Crippen LogP contribution in [0, 0.1) is 5.92 Å². The topological polar surface area (TPSA) is 66.5 Å². The van der Waals surface area contributed by atoms with Gasteiger partial charge in [0.15, 0.2) is 0 Å². The highest BCUT2D eigenvalue weighted by Crippen LogP contribution is 2.25. The molecule has 0 bridgehead atoms. The lowest BCUT2D eigenvalue weighted by molar-refractivity contribution is -0.0467. The molecule has 0 amide bonds. The summed E-state index contributed by atoms with van der Waals surface area (Å²) in [7, 11) is 0. The van der Waals surface area contributed by atoms with E-state index in [1.54, 1.807) is 0 Å². The maximum atomic E-state index is 9.98. The second kappa shape index (κ2) is 4.80. The van der Waals surface area contributed by atoms with Crippen molar-refractivity contribution in [3.63, 3.8) is 0 Å². The van der Waals surface area contributed by atoms with Crippen LogP contribution in [-0.4, -0.2) is 28.5 Å². The molecule has 0 spiro atoms. The van der Waals surface area contributed by atoms with Gasteiger partial charge >= 0.3 is 0 Å². The van der Waals surface area contributed by atoms with E-state index in [4.69, 9.17) is 5.73 Å². The summed E-state index contributed by atoms with van der Waals surface area (Å²) in [6.45, 7) is 6.04. The summed E-state index contributed by atoms with van der Waals surface area (Å²) in [5.74, 6) is 0.156. The average molecular weight is 175 g/mol. The van der Waals surface area contributed by atoms with Crippen LogP contribution in [0.3, 0.4) is 0 Å². The SMILES string of the molecule is CC[C@](O)(C[C@H](O)CN)C(C)C. The standard InChI is InChI=1S/C9H21NO2/c1-4-9(12,7(2)3)5-8(11)6-10/h7-8,11-12H,4-6,10H2,1-3H3/t8-,9-/m0/s1. The minimum absolute atomic E-state index is 0.156. The first-order chi connectivity index (χ1) is 5.46. The van der Waals surface area contributed by atoms with Gasteiger partial charge in [-0.25, -0.2) is 0 Å². The molecule has 0 rings (SSSR count). The molecule has 0 radical (unpaired) electrons. The average Bonchev–Trinajstić information content (AvgIpc) is 2.03. The number of aliphatic hydroxyl groups excluding tert-OH is 1. The molecular formula is C9H21NO2. The van der Waals surface area contributed by atoms with Gasteiger partial charge in [0.05, 0.1) is 11.7 Å². The fourth-order valence-corrected chi connectivity index (χ4v) is 1.28. The summed E-state index contributed by atoms with van der Waals surface area (Å²) in [6, 6.07) is 0. The lowest BCUT2D eigenvalue weighted by Crippen LogP contribution is -2.40. The van der Waals surface area contributed by atoms with Gasteiger partial charge in [-0.05, 0) is 12.3 Å². The molecule has 0 saturated heterocycles. The van der Waals surface area contributed by atoms with Gasteiger partial charge in [0, 0.05) is 13.0 Å². The Bertz CT molecular complexity index is 128. The van der Waals surface area contributed by atoms with Gasteiger partial charge in [-0.2, -0.15) is 0 Å². The number of rotatable bonds is 5. The van der Waals surface area contributed by atoms with Crippen molar-refractivity contribution in [3.8, 4) is 0 Å². The zero-order chi connectivity index (χ0) is 9.78. The Morgan fingerprint density at radius 3 is 2.17 bits per heavy atom. The Labute approximate surface area is 74.6 Å². The van der Waals surface area contributed by atoms with Gasteiger partial charge in [-0.15, -0.1) is 0 Å². The van der Waals surface area contributed by atoms with Crippen LogP contribution in [0.4, 0.5) is 0 Å². The molecule has 74 valence electrons. The summed E-state index contributed by atoms with van der Waals surface area (Å²) in [5.41, 5.74) is 4.51. The second-order valence-corrected chi connectivity index (χ2v) is 3.71. The Hall–Kier alpha value is -0.120. The molecule has 0 saturated carbocycles. The minimum Gasteiger partial charge on any atom is -0.392 e. The Morgan fingerprint density at radius 2 is 1.92 bits per heavy atom. The maximum Gasteiger partial charge on any atom is 0.0693 e. The van der Waals surface area contributed by atoms with Crippen LogP contribution in [0.5, 0.6) is 0 Å². The summed E-state index contributed by atoms with van der Waals surface area (Å²) < 4.78 is 0. The van der Waals surface area contributed by atoms with Crippen LogP contribution in [-0.2, 0) is 0 Å². The van der Waals surface area contributed by atoms with Crippen molar-refractivity contribution in [3.05, 3.63) is 0 Å². The first kappa shape index (κ1) is 11.9. The second-order valence-electron chi connectivity index (χ2n) is 3.71. The molecule has 3 heteroatoms. The molecule has 0 aromatic carbocycles. The van der Waals surface area contributed by atoms with Gasteiger partial charge in [0.1, 0.15) is 0 Å². The number of nitrogens with two attached hydrogens (primary N) is 1. The Kier molecular flexibility index (Phi) is 4.75. The molecule has 0 fully saturated rings. The molecule has 0 aliphatic carbocycles. The van der Waals surface area contributed by atoms with Crippen molar-refractivity contribution in [2.75, 3.05) is 6.54 Å². The molecule has 3 nitrogen and oxygen atoms in total. The molecule has 0 aliphatic heterocycles. The Morgan fingerprint density at radius 1 is 1.42 bits per heavy atom. The van der Waals surface area contributed by atoms with E-state index in [-0.39, 0.29) is 12.5 Å². The summed E-state index contributed by atoms with van der Waals surface area (Å²) >= 11 is 0. The quantitative estimate of drug-likeness (QED) is 0.570. The molecule has 0 aliphatic rings. The van der Waals surface area contributed by atoms with E-state index in [2.05, 4.69) is 0 Å². The van der Waals surface area contributed by atoms with Crippen LogP contribution in [0.15, 0.2) is 0 Å². The van der Waals surface area contributed by atoms with E-state index in [0.29, 0.717) is 12.8 Å². The van der Waals surface area contributed by atoms with Crippen LogP contribution >= 0.6 is 0 Å². The third-order valence-corrected chi connectivity index (χ3v) is 2.55. The predicted molar refractivity (Wildman–Crippen MR) is 49.8 cm³/mol. The van der Waals surface area contributed by atoms with E-state index in [0.717, 1.165) is 0 Å². The minimum atomic E-state index is -0.765. The van der Waals surface area contributed by atoms with Crippen molar-refractivity contribution in [1.82, 2.24) is 0 Å². The van der Waals surface area contributed by atoms with Crippen molar-refractivity contribution in [1.29, 1.82) is 0 Å². The highest BCUT2D eigenvalue weighted by Gasteiger charge is 2.30. The van der Waals surface area contributed by atoms with Gasteiger partial charge in [-0.3, -0.25) is 0 Å². The molecule has 0 unspecified atom stereocenters. The van der Waals surface area contributed by atoms with Crippen molar-refractivity contribution in [2.24, 2.45) is 11.7 Å². The van der Waals surface area contributed by atoms with Gasteiger partial charge < -0.3 is 15.9 Å². The van der Waals surface area contributed by atoms with E-state index < -0.39 is 11.7 Å². The Balaban J connectivity index is 4.14. The van der Waals surface area contributed by atoms with Crippen LogP contribution in [0.2, 0.25) is 0 Å². The van der Waals surface area contributed by atoms with Gasteiger partial charge in [0.25, 0.3) is 0 Å². The van der Waals surface area contributed by atoms with Gasteiger partial charge in [0.2, 0.25) is 0 Å². The molecular weight excluding hydrogens is 154 g/mol. The van der Waals surface area contributed by atoms with E-state index >= 15 is 0 Å². The lowest BCUT2D eigenvalue weighted by atomic mass is 9.83. The molecule has 0 heterocycles. The first-order valence-corrected chi connectivity index (χ1v) is 4.56. The molecule has 2 atom stereocenters. The van der Waals surface area contributed by atoms with Gasteiger partial charge in [-0.1, -0.05) is 20.8 Å². The molecule has 0 aromatic rings. The number of hydrogen-bond acceptors (Lipinski definition) is 3. The third-order valence-electron chi connectivity index (χ3n) is 2.55. The van der Waals surface area contributed by atoms with E-state index in [9.17, 15) is 10.2 Å². The predicted octanol–water partition coefficient (Wildman–Crippen LogP) is 0.493. The van der Waals surface area contributed by atoms with E-state index in [1.807, 2.05) is 20.8 Å². The lowest BCUT2D eigenvalue weighted by Gasteiger charge is -2.32. The maximum absolute atomic E-state index is 9.98. The highest BCUT2D eigenvalue weighted by molar-refractivity contribution is 4.83. The van der Waals surface area contributed by atoms with Crippen LogP contribution in [0.25, 0.3) is 0 Å². The molecule has 12 heavy (non-hydrogen) atoms. The number of hydrogen-bond donors (Lipinski definition) is 3. The highest BCUT2D eigenvalue weighted by atomic mass is 16.3. The van der Waals surface area contributed by atoms with Crippen molar-refractivity contribution in [2.45, 2.75) is 45.3 Å². The fourth-order valence-electron chi connectivity index (χ4n) is 1.28. The fraction of sp³-hybridized carbons (Fsp3) is 1.00. The first-order valence-electron chi connectivity index (χ1n) is 4.56.